The highest BCUT2D eigenvalue weighted by Crippen LogP contribution is 2.19. The van der Waals surface area contributed by atoms with Gasteiger partial charge in [-0.1, -0.05) is 12.1 Å². The molecule has 8 heteroatoms. The average molecular weight is 330 g/mol. The van der Waals surface area contributed by atoms with Crippen molar-refractivity contribution in [2.75, 3.05) is 45.2 Å². The monoisotopic (exact) mass is 330 g/mol. The Hall–Kier alpha value is -2.64. The van der Waals surface area contributed by atoms with E-state index in [2.05, 4.69) is 20.0 Å². The second-order valence-electron chi connectivity index (χ2n) is 5.92. The van der Waals surface area contributed by atoms with E-state index in [1.165, 1.54) is 0 Å². The van der Waals surface area contributed by atoms with Crippen LogP contribution in [0, 0.1) is 0 Å². The van der Waals surface area contributed by atoms with Crippen molar-refractivity contribution in [3.05, 3.63) is 24.2 Å². The van der Waals surface area contributed by atoms with Crippen molar-refractivity contribution in [2.24, 2.45) is 0 Å². The number of anilines is 1. The van der Waals surface area contributed by atoms with E-state index in [1.807, 2.05) is 24.0 Å². The van der Waals surface area contributed by atoms with Gasteiger partial charge in [-0.15, -0.1) is 0 Å². The lowest BCUT2D eigenvalue weighted by Crippen LogP contribution is -2.51. The highest BCUT2D eigenvalue weighted by atomic mass is 16.5. The Morgan fingerprint density at radius 3 is 2.54 bits per heavy atom. The van der Waals surface area contributed by atoms with E-state index in [-0.39, 0.29) is 6.03 Å². The van der Waals surface area contributed by atoms with E-state index in [0.29, 0.717) is 31.2 Å². The molecule has 3 rings (SSSR count). The van der Waals surface area contributed by atoms with Gasteiger partial charge in [0.2, 0.25) is 11.7 Å². The minimum Gasteiger partial charge on any atom is -0.353 e. The number of aryl methyl sites for hydroxylation is 1. The molecule has 0 saturated carbocycles. The van der Waals surface area contributed by atoms with Gasteiger partial charge in [0, 0.05) is 58.5 Å². The Balaban J connectivity index is 1.63. The number of pyridine rings is 1. The van der Waals surface area contributed by atoms with Gasteiger partial charge >= 0.3 is 6.03 Å². The van der Waals surface area contributed by atoms with Gasteiger partial charge in [0.15, 0.2) is 0 Å². The number of amides is 2. The topological polar surface area (TPSA) is 78.6 Å². The first-order valence-electron chi connectivity index (χ1n) is 8.08. The summed E-state index contributed by atoms with van der Waals surface area (Å²) < 4.78 is 5.13. The van der Waals surface area contributed by atoms with E-state index in [9.17, 15) is 4.79 Å². The van der Waals surface area contributed by atoms with Gasteiger partial charge < -0.3 is 19.2 Å². The third-order valence-electron chi connectivity index (χ3n) is 4.03. The average Bonchev–Trinajstić information content (AvgIpc) is 3.10. The maximum atomic E-state index is 12.0. The fourth-order valence-electron chi connectivity index (χ4n) is 2.63. The van der Waals surface area contributed by atoms with Crippen LogP contribution in [0.4, 0.5) is 10.6 Å². The predicted octanol–water partition coefficient (Wildman–Crippen LogP) is 1.50. The van der Waals surface area contributed by atoms with Crippen molar-refractivity contribution in [3.63, 3.8) is 0 Å². The van der Waals surface area contributed by atoms with Crippen molar-refractivity contribution in [3.8, 4) is 11.4 Å². The molecule has 1 saturated heterocycles. The number of aromatic nitrogens is 3. The van der Waals surface area contributed by atoms with Crippen molar-refractivity contribution < 1.29 is 9.32 Å². The zero-order valence-electron chi connectivity index (χ0n) is 14.3. The molecule has 24 heavy (non-hydrogen) atoms. The number of rotatable bonds is 3. The summed E-state index contributed by atoms with van der Waals surface area (Å²) >= 11 is 0. The zero-order valence-corrected chi connectivity index (χ0v) is 14.3. The molecule has 1 aliphatic heterocycles. The van der Waals surface area contributed by atoms with Crippen LogP contribution < -0.4 is 4.90 Å². The van der Waals surface area contributed by atoms with Crippen LogP contribution in [0.1, 0.15) is 12.8 Å². The summed E-state index contributed by atoms with van der Waals surface area (Å²) in [5.74, 6) is 2.08. The Morgan fingerprint density at radius 2 is 2.00 bits per heavy atom. The van der Waals surface area contributed by atoms with Gasteiger partial charge in [-0.25, -0.2) is 9.78 Å². The second kappa shape index (κ2) is 6.86. The highest BCUT2D eigenvalue weighted by molar-refractivity contribution is 5.74. The van der Waals surface area contributed by atoms with E-state index in [0.717, 1.165) is 24.5 Å². The minimum atomic E-state index is 0.0572. The van der Waals surface area contributed by atoms with Crippen LogP contribution in [0.25, 0.3) is 11.4 Å². The third kappa shape index (κ3) is 3.32. The molecule has 2 aromatic rings. The summed E-state index contributed by atoms with van der Waals surface area (Å²) in [5, 5.41) is 3.96. The molecule has 0 aromatic carbocycles. The third-order valence-corrected chi connectivity index (χ3v) is 4.03. The van der Waals surface area contributed by atoms with Crippen molar-refractivity contribution in [2.45, 2.75) is 13.3 Å². The van der Waals surface area contributed by atoms with Gasteiger partial charge in [-0.05, 0) is 12.1 Å². The molecule has 8 nitrogen and oxygen atoms in total. The van der Waals surface area contributed by atoms with Gasteiger partial charge in [0.25, 0.3) is 0 Å². The molecule has 1 aliphatic rings. The van der Waals surface area contributed by atoms with Crippen molar-refractivity contribution >= 4 is 11.8 Å². The first kappa shape index (κ1) is 16.2. The summed E-state index contributed by atoms with van der Waals surface area (Å²) in [6, 6.07) is 3.96. The Labute approximate surface area is 141 Å². The molecule has 0 N–H and O–H groups in total. The molecule has 0 radical (unpaired) electrons. The number of carbonyl (C=O) groups excluding carboxylic acids is 1. The number of carbonyl (C=O) groups is 1. The normalized spacial score (nSPS) is 14.8. The Kier molecular flexibility index (Phi) is 4.64. The maximum absolute atomic E-state index is 12.0. The molecular formula is C16H22N6O2. The van der Waals surface area contributed by atoms with Crippen molar-refractivity contribution in [1.82, 2.24) is 24.9 Å². The predicted molar refractivity (Wildman–Crippen MR) is 89.8 cm³/mol. The molecule has 0 aliphatic carbocycles. The van der Waals surface area contributed by atoms with E-state index in [1.54, 1.807) is 25.2 Å². The number of piperazine rings is 1. The minimum absolute atomic E-state index is 0.0572. The summed E-state index contributed by atoms with van der Waals surface area (Å²) in [6.45, 7) is 4.91. The van der Waals surface area contributed by atoms with Crippen LogP contribution in [0.15, 0.2) is 22.9 Å². The lowest BCUT2D eigenvalue weighted by Gasteiger charge is -2.36. The van der Waals surface area contributed by atoms with Crippen LogP contribution in [0.3, 0.4) is 0 Å². The first-order chi connectivity index (χ1) is 11.6. The van der Waals surface area contributed by atoms with Crippen molar-refractivity contribution in [1.29, 1.82) is 0 Å². The smallest absolute Gasteiger partial charge is 0.319 e. The molecule has 2 amide bonds. The Bertz CT molecular complexity index is 689. The molecule has 0 spiro atoms. The molecule has 2 aromatic heterocycles. The fourth-order valence-corrected chi connectivity index (χ4v) is 2.63. The lowest BCUT2D eigenvalue weighted by atomic mass is 10.2. The largest absolute Gasteiger partial charge is 0.353 e. The summed E-state index contributed by atoms with van der Waals surface area (Å²) in [6.07, 6.45) is 2.48. The number of hydrogen-bond acceptors (Lipinski definition) is 6. The second-order valence-corrected chi connectivity index (χ2v) is 5.92. The molecule has 3 heterocycles. The van der Waals surface area contributed by atoms with E-state index < -0.39 is 0 Å². The van der Waals surface area contributed by atoms with Crippen LogP contribution >= 0.6 is 0 Å². The number of nitrogens with zero attached hydrogens (tertiary/aromatic N) is 6. The molecule has 0 bridgehead atoms. The molecular weight excluding hydrogens is 308 g/mol. The highest BCUT2D eigenvalue weighted by Gasteiger charge is 2.22. The molecule has 128 valence electrons. The number of urea groups is 1. The quantitative estimate of drug-likeness (QED) is 0.848. The van der Waals surface area contributed by atoms with Crippen LogP contribution in [0.5, 0.6) is 0 Å². The SMILES string of the molecule is CCc1nc(-c2ccc(N3CCN(C(=O)N(C)C)CC3)nc2)no1. The summed E-state index contributed by atoms with van der Waals surface area (Å²) in [5.41, 5.74) is 0.837. The number of hydrogen-bond donors (Lipinski definition) is 0. The maximum Gasteiger partial charge on any atom is 0.319 e. The van der Waals surface area contributed by atoms with Crippen LogP contribution in [-0.2, 0) is 6.42 Å². The van der Waals surface area contributed by atoms with Crippen LogP contribution in [-0.4, -0.2) is 71.2 Å². The summed E-state index contributed by atoms with van der Waals surface area (Å²) in [7, 11) is 3.55. The van der Waals surface area contributed by atoms with Gasteiger partial charge in [-0.2, -0.15) is 4.98 Å². The van der Waals surface area contributed by atoms with Gasteiger partial charge in [0.05, 0.1) is 0 Å². The summed E-state index contributed by atoms with van der Waals surface area (Å²) in [4.78, 5) is 26.4. The first-order valence-corrected chi connectivity index (χ1v) is 8.08. The van der Waals surface area contributed by atoms with E-state index in [4.69, 9.17) is 4.52 Å². The Morgan fingerprint density at radius 1 is 1.25 bits per heavy atom. The molecule has 0 atom stereocenters. The zero-order chi connectivity index (χ0) is 17.1. The van der Waals surface area contributed by atoms with Gasteiger partial charge in [0.1, 0.15) is 5.82 Å². The van der Waals surface area contributed by atoms with E-state index >= 15 is 0 Å². The lowest BCUT2D eigenvalue weighted by molar-refractivity contribution is 0.168. The van der Waals surface area contributed by atoms with Crippen LogP contribution in [0.2, 0.25) is 0 Å². The van der Waals surface area contributed by atoms with Gasteiger partial charge in [-0.3, -0.25) is 0 Å². The molecule has 0 unspecified atom stereocenters. The molecule has 1 fully saturated rings. The standard InChI is InChI=1S/C16H22N6O2/c1-4-14-18-15(19-24-14)12-5-6-13(17-11-12)21-7-9-22(10-8-21)16(23)20(2)3/h5-6,11H,4,7-10H2,1-3H3. The fraction of sp³-hybridized carbons (Fsp3) is 0.500.